The molecule has 0 spiro atoms. The molecular weight excluding hydrogens is 360 g/mol. The van der Waals surface area contributed by atoms with Crippen molar-refractivity contribution in [3.8, 4) is 17.2 Å². The minimum atomic E-state index is -0.0957. The van der Waals surface area contributed by atoms with E-state index in [4.69, 9.17) is 14.2 Å². The Labute approximate surface area is 143 Å². The summed E-state index contributed by atoms with van der Waals surface area (Å²) >= 11 is 3.43. The average molecular weight is 377 g/mol. The molecule has 0 aliphatic carbocycles. The number of ketones is 1. The number of hydrogen-bond donors (Lipinski definition) is 0. The van der Waals surface area contributed by atoms with Crippen LogP contribution in [0.2, 0.25) is 0 Å². The molecule has 2 aromatic rings. The minimum absolute atomic E-state index is 0.0957. The van der Waals surface area contributed by atoms with Crippen LogP contribution in [0.4, 0.5) is 0 Å². The Kier molecular flexibility index (Phi) is 5.82. The monoisotopic (exact) mass is 376 g/mol. The number of carbonyl (C=O) groups is 1. The van der Waals surface area contributed by atoms with Gasteiger partial charge in [-0.15, -0.1) is 0 Å². The lowest BCUT2D eigenvalue weighted by Gasteiger charge is -2.09. The lowest BCUT2D eigenvalue weighted by atomic mass is 10.1. The molecule has 0 amide bonds. The van der Waals surface area contributed by atoms with Gasteiger partial charge in [-0.25, -0.2) is 0 Å². The second-order valence-electron chi connectivity index (χ2n) is 4.65. The zero-order valence-corrected chi connectivity index (χ0v) is 14.7. The Bertz CT molecular complexity index is 721. The predicted molar refractivity (Wildman–Crippen MR) is 93.6 cm³/mol. The molecule has 0 saturated carbocycles. The van der Waals surface area contributed by atoms with Crippen molar-refractivity contribution in [2.45, 2.75) is 0 Å². The van der Waals surface area contributed by atoms with Crippen molar-refractivity contribution in [2.75, 3.05) is 21.3 Å². The maximum absolute atomic E-state index is 12.2. The standard InChI is InChI=1S/C18H17BrO4/c1-21-14-7-4-12(5-8-14)16(20)9-6-13-10-15(19)18(23-3)11-17(13)22-2/h4-11H,1-3H3/b9-6+. The zero-order chi connectivity index (χ0) is 16.8. The molecule has 0 bridgehead atoms. The number of halogens is 1. The molecule has 2 rings (SSSR count). The third-order valence-electron chi connectivity index (χ3n) is 3.29. The molecule has 4 nitrogen and oxygen atoms in total. The Morgan fingerprint density at radius 2 is 1.61 bits per heavy atom. The van der Waals surface area contributed by atoms with E-state index in [0.717, 1.165) is 10.0 Å². The van der Waals surface area contributed by atoms with Gasteiger partial charge in [-0.3, -0.25) is 4.79 Å². The van der Waals surface area contributed by atoms with E-state index in [1.165, 1.54) is 6.08 Å². The van der Waals surface area contributed by atoms with Crippen molar-refractivity contribution in [3.63, 3.8) is 0 Å². The van der Waals surface area contributed by atoms with Crippen LogP contribution in [0.3, 0.4) is 0 Å². The SMILES string of the molecule is COc1ccc(C(=O)/C=C/c2cc(Br)c(OC)cc2OC)cc1. The first-order valence-electron chi connectivity index (χ1n) is 6.87. The van der Waals surface area contributed by atoms with Crippen molar-refractivity contribution >= 4 is 27.8 Å². The van der Waals surface area contributed by atoms with E-state index < -0.39 is 0 Å². The number of carbonyl (C=O) groups excluding carboxylic acids is 1. The molecule has 5 heteroatoms. The molecule has 2 aromatic carbocycles. The summed E-state index contributed by atoms with van der Waals surface area (Å²) in [5.41, 5.74) is 1.37. The van der Waals surface area contributed by atoms with Crippen molar-refractivity contribution < 1.29 is 19.0 Å². The molecule has 0 atom stereocenters. The summed E-state index contributed by atoms with van der Waals surface area (Å²) in [5.74, 6) is 1.91. The van der Waals surface area contributed by atoms with Crippen LogP contribution in [0.5, 0.6) is 17.2 Å². The number of rotatable bonds is 6. The fourth-order valence-electron chi connectivity index (χ4n) is 2.03. The van der Waals surface area contributed by atoms with Crippen molar-refractivity contribution in [1.82, 2.24) is 0 Å². The van der Waals surface area contributed by atoms with Crippen LogP contribution < -0.4 is 14.2 Å². The van der Waals surface area contributed by atoms with Crippen molar-refractivity contribution in [2.24, 2.45) is 0 Å². The molecule has 0 heterocycles. The van der Waals surface area contributed by atoms with Gasteiger partial charge in [-0.2, -0.15) is 0 Å². The molecule has 0 unspecified atom stereocenters. The Morgan fingerprint density at radius 1 is 0.957 bits per heavy atom. The van der Waals surface area contributed by atoms with E-state index in [-0.39, 0.29) is 5.78 Å². The van der Waals surface area contributed by atoms with Gasteiger partial charge in [-0.05, 0) is 58.4 Å². The number of methoxy groups -OCH3 is 3. The third-order valence-corrected chi connectivity index (χ3v) is 3.91. The maximum atomic E-state index is 12.2. The molecule has 120 valence electrons. The van der Waals surface area contributed by atoms with Gasteiger partial charge in [0.25, 0.3) is 0 Å². The molecule has 0 N–H and O–H groups in total. The van der Waals surface area contributed by atoms with Crippen LogP contribution in [0.25, 0.3) is 6.08 Å². The van der Waals surface area contributed by atoms with E-state index in [1.807, 2.05) is 6.07 Å². The summed E-state index contributed by atoms with van der Waals surface area (Å²) in [7, 11) is 4.75. The van der Waals surface area contributed by atoms with Crippen molar-refractivity contribution in [3.05, 3.63) is 58.1 Å². The predicted octanol–water partition coefficient (Wildman–Crippen LogP) is 4.37. The second kappa shape index (κ2) is 7.83. The van der Waals surface area contributed by atoms with Gasteiger partial charge in [0.15, 0.2) is 5.78 Å². The van der Waals surface area contributed by atoms with E-state index >= 15 is 0 Å². The summed E-state index contributed by atoms with van der Waals surface area (Å²) in [6, 6.07) is 10.6. The van der Waals surface area contributed by atoms with Crippen LogP contribution in [-0.4, -0.2) is 27.1 Å². The summed E-state index contributed by atoms with van der Waals surface area (Å²) < 4.78 is 16.4. The number of ether oxygens (including phenoxy) is 3. The van der Waals surface area contributed by atoms with Crippen LogP contribution in [0, 0.1) is 0 Å². The minimum Gasteiger partial charge on any atom is -0.497 e. The fourth-order valence-corrected chi connectivity index (χ4v) is 2.55. The van der Waals surface area contributed by atoms with Gasteiger partial charge in [0.2, 0.25) is 0 Å². The maximum Gasteiger partial charge on any atom is 0.185 e. The Balaban J connectivity index is 2.24. The van der Waals surface area contributed by atoms with Gasteiger partial charge in [-0.1, -0.05) is 0 Å². The molecule has 0 fully saturated rings. The van der Waals surface area contributed by atoms with E-state index in [1.54, 1.807) is 57.7 Å². The van der Waals surface area contributed by atoms with Crippen LogP contribution in [0.1, 0.15) is 15.9 Å². The second-order valence-corrected chi connectivity index (χ2v) is 5.51. The van der Waals surface area contributed by atoms with Gasteiger partial charge < -0.3 is 14.2 Å². The highest BCUT2D eigenvalue weighted by molar-refractivity contribution is 9.10. The molecule has 0 aromatic heterocycles. The summed E-state index contributed by atoms with van der Waals surface area (Å²) in [4.78, 5) is 12.2. The quantitative estimate of drug-likeness (QED) is 0.554. The van der Waals surface area contributed by atoms with Crippen LogP contribution in [0.15, 0.2) is 46.9 Å². The number of allylic oxidation sites excluding steroid dienone is 1. The number of hydrogen-bond acceptors (Lipinski definition) is 4. The van der Waals surface area contributed by atoms with Gasteiger partial charge in [0.1, 0.15) is 17.2 Å². The first-order chi connectivity index (χ1) is 11.1. The van der Waals surface area contributed by atoms with E-state index in [2.05, 4.69) is 15.9 Å². The molecule has 0 aliphatic rings. The summed E-state index contributed by atoms with van der Waals surface area (Å²) in [5, 5.41) is 0. The molecular formula is C18H17BrO4. The summed E-state index contributed by atoms with van der Waals surface area (Å²) in [6.07, 6.45) is 3.23. The first kappa shape index (κ1) is 17.1. The molecule has 23 heavy (non-hydrogen) atoms. The summed E-state index contributed by atoms with van der Waals surface area (Å²) in [6.45, 7) is 0. The van der Waals surface area contributed by atoms with E-state index in [9.17, 15) is 4.79 Å². The highest BCUT2D eigenvalue weighted by Gasteiger charge is 2.08. The highest BCUT2D eigenvalue weighted by Crippen LogP contribution is 2.33. The Hall–Kier alpha value is -2.27. The molecule has 0 radical (unpaired) electrons. The van der Waals surface area contributed by atoms with Crippen LogP contribution in [-0.2, 0) is 0 Å². The van der Waals surface area contributed by atoms with Gasteiger partial charge in [0.05, 0.1) is 25.8 Å². The van der Waals surface area contributed by atoms with Gasteiger partial charge in [0, 0.05) is 17.2 Å². The Morgan fingerprint density at radius 3 is 2.17 bits per heavy atom. The highest BCUT2D eigenvalue weighted by atomic mass is 79.9. The van der Waals surface area contributed by atoms with Gasteiger partial charge >= 0.3 is 0 Å². The van der Waals surface area contributed by atoms with E-state index in [0.29, 0.717) is 22.8 Å². The zero-order valence-electron chi connectivity index (χ0n) is 13.1. The molecule has 0 saturated heterocycles. The topological polar surface area (TPSA) is 44.8 Å². The third kappa shape index (κ3) is 4.13. The average Bonchev–Trinajstić information content (AvgIpc) is 2.59. The molecule has 0 aliphatic heterocycles. The first-order valence-corrected chi connectivity index (χ1v) is 7.66. The van der Waals surface area contributed by atoms with Crippen LogP contribution >= 0.6 is 15.9 Å². The lowest BCUT2D eigenvalue weighted by molar-refractivity contribution is 0.104. The normalized spacial score (nSPS) is 10.6. The smallest absolute Gasteiger partial charge is 0.185 e. The number of benzene rings is 2. The largest absolute Gasteiger partial charge is 0.497 e. The lowest BCUT2D eigenvalue weighted by Crippen LogP contribution is -1.95. The van der Waals surface area contributed by atoms with Crippen molar-refractivity contribution in [1.29, 1.82) is 0 Å². The fraction of sp³-hybridized carbons (Fsp3) is 0.167.